The minimum absolute atomic E-state index is 0.00631. The first-order valence-corrected chi connectivity index (χ1v) is 9.93. The van der Waals surface area contributed by atoms with Crippen LogP contribution in [0.5, 0.6) is 0 Å². The summed E-state index contributed by atoms with van der Waals surface area (Å²) in [5.74, 6) is -0.205. The van der Waals surface area contributed by atoms with Crippen molar-refractivity contribution in [1.82, 2.24) is 9.38 Å². The number of thiazole rings is 1. The predicted octanol–water partition coefficient (Wildman–Crippen LogP) is 5.11. The molecule has 4 rings (SSSR count). The molecule has 2 heterocycles. The van der Waals surface area contributed by atoms with Gasteiger partial charge in [0.2, 0.25) is 5.91 Å². The third kappa shape index (κ3) is 3.98. The van der Waals surface area contributed by atoms with Gasteiger partial charge in [-0.15, -0.1) is 11.3 Å². The lowest BCUT2D eigenvalue weighted by molar-refractivity contribution is -0.384. The predicted molar refractivity (Wildman–Crippen MR) is 114 cm³/mol. The van der Waals surface area contributed by atoms with E-state index in [1.165, 1.54) is 23.5 Å². The fraction of sp³-hybridized carbons (Fsp3) is 0.100. The van der Waals surface area contributed by atoms with Gasteiger partial charge in [0.25, 0.3) is 5.69 Å². The van der Waals surface area contributed by atoms with E-state index in [1.54, 1.807) is 13.0 Å². The minimum Gasteiger partial charge on any atom is -0.326 e. The molecule has 7 nitrogen and oxygen atoms in total. The highest BCUT2D eigenvalue weighted by Gasteiger charge is 2.14. The Labute approximate surface area is 174 Å². The summed E-state index contributed by atoms with van der Waals surface area (Å²) >= 11 is 7.40. The molecule has 0 aliphatic carbocycles. The van der Waals surface area contributed by atoms with E-state index in [4.69, 9.17) is 11.6 Å². The van der Waals surface area contributed by atoms with Crippen LogP contribution in [0.2, 0.25) is 5.02 Å². The molecule has 0 saturated heterocycles. The number of aromatic nitrogens is 2. The van der Waals surface area contributed by atoms with Gasteiger partial charge in [0.15, 0.2) is 4.96 Å². The molecule has 0 aliphatic heterocycles. The zero-order valence-corrected chi connectivity index (χ0v) is 16.8. The van der Waals surface area contributed by atoms with Crippen molar-refractivity contribution in [3.8, 4) is 11.3 Å². The van der Waals surface area contributed by atoms with Gasteiger partial charge in [-0.1, -0.05) is 23.7 Å². The van der Waals surface area contributed by atoms with Gasteiger partial charge in [-0.2, -0.15) is 0 Å². The number of benzene rings is 2. The second-order valence-corrected chi connectivity index (χ2v) is 7.77. The average Bonchev–Trinajstić information content (AvgIpc) is 3.26. The number of hydrogen-bond acceptors (Lipinski definition) is 5. The van der Waals surface area contributed by atoms with E-state index in [0.29, 0.717) is 16.3 Å². The van der Waals surface area contributed by atoms with Gasteiger partial charge in [-0.25, -0.2) is 4.98 Å². The van der Waals surface area contributed by atoms with Crippen LogP contribution in [0.4, 0.5) is 11.4 Å². The molecule has 0 atom stereocenters. The fourth-order valence-corrected chi connectivity index (χ4v) is 3.98. The van der Waals surface area contributed by atoms with Crippen molar-refractivity contribution in [2.24, 2.45) is 0 Å². The SMILES string of the molecule is Cc1cc([N+](=O)[O-])ccc1NC(=O)Cc1csc2nc(-c3ccc(Cl)cc3)cn12. The molecule has 9 heteroatoms. The molecule has 1 amide bonds. The lowest BCUT2D eigenvalue weighted by Crippen LogP contribution is -2.16. The van der Waals surface area contributed by atoms with Gasteiger partial charge in [0, 0.05) is 45.7 Å². The summed E-state index contributed by atoms with van der Waals surface area (Å²) in [7, 11) is 0. The van der Waals surface area contributed by atoms with Crippen LogP contribution >= 0.6 is 22.9 Å². The Balaban J connectivity index is 1.52. The number of nitro groups is 1. The molecule has 146 valence electrons. The van der Waals surface area contributed by atoms with E-state index in [2.05, 4.69) is 10.3 Å². The average molecular weight is 427 g/mol. The highest BCUT2D eigenvalue weighted by molar-refractivity contribution is 7.15. The third-order valence-electron chi connectivity index (χ3n) is 4.46. The number of aryl methyl sites for hydroxylation is 1. The maximum absolute atomic E-state index is 12.5. The molecule has 0 fully saturated rings. The Kier molecular flexibility index (Phi) is 5.04. The van der Waals surface area contributed by atoms with Crippen molar-refractivity contribution in [2.75, 3.05) is 5.32 Å². The highest BCUT2D eigenvalue weighted by atomic mass is 35.5. The van der Waals surface area contributed by atoms with Crippen LogP contribution in [0.1, 0.15) is 11.3 Å². The van der Waals surface area contributed by atoms with E-state index in [0.717, 1.165) is 21.9 Å². The number of nitrogens with one attached hydrogen (secondary N) is 1. The van der Waals surface area contributed by atoms with E-state index < -0.39 is 4.92 Å². The van der Waals surface area contributed by atoms with Crippen LogP contribution in [0.25, 0.3) is 16.2 Å². The smallest absolute Gasteiger partial charge is 0.269 e. The van der Waals surface area contributed by atoms with Crippen molar-refractivity contribution in [2.45, 2.75) is 13.3 Å². The zero-order chi connectivity index (χ0) is 20.5. The number of hydrogen-bond donors (Lipinski definition) is 1. The Morgan fingerprint density at radius 1 is 1.28 bits per heavy atom. The first-order valence-electron chi connectivity index (χ1n) is 8.67. The standard InChI is InChI=1S/C20H15ClN4O3S/c1-12-8-15(25(27)28)6-7-17(12)22-19(26)9-16-11-29-20-23-18(10-24(16)20)13-2-4-14(21)5-3-13/h2-8,10-11H,9H2,1H3,(H,22,26). The summed E-state index contributed by atoms with van der Waals surface area (Å²) in [6, 6.07) is 11.8. The van der Waals surface area contributed by atoms with Gasteiger partial charge < -0.3 is 5.32 Å². The quantitative estimate of drug-likeness (QED) is 0.354. The molecule has 29 heavy (non-hydrogen) atoms. The lowest BCUT2D eigenvalue weighted by atomic mass is 10.1. The van der Waals surface area contributed by atoms with Crippen LogP contribution in [0.3, 0.4) is 0 Å². The number of nitro benzene ring substituents is 1. The molecule has 2 aromatic heterocycles. The molecule has 0 saturated carbocycles. The second-order valence-electron chi connectivity index (χ2n) is 6.49. The van der Waals surface area contributed by atoms with Crippen molar-refractivity contribution >= 4 is 45.2 Å². The first-order chi connectivity index (χ1) is 13.9. The summed E-state index contributed by atoms with van der Waals surface area (Å²) in [5.41, 5.74) is 3.75. The first kappa shape index (κ1) is 19.1. The summed E-state index contributed by atoms with van der Waals surface area (Å²) in [6.07, 6.45) is 2.06. The molecular weight excluding hydrogens is 412 g/mol. The van der Waals surface area contributed by atoms with Crippen LogP contribution in [0.15, 0.2) is 54.0 Å². The number of fused-ring (bicyclic) bond motifs is 1. The van der Waals surface area contributed by atoms with Crippen molar-refractivity contribution in [3.05, 3.63) is 80.4 Å². The summed E-state index contributed by atoms with van der Waals surface area (Å²) in [5, 5.41) is 16.2. The Morgan fingerprint density at radius 2 is 2.03 bits per heavy atom. The van der Waals surface area contributed by atoms with E-state index in [9.17, 15) is 14.9 Å². The number of halogens is 1. The largest absolute Gasteiger partial charge is 0.326 e. The second kappa shape index (κ2) is 7.65. The number of nitrogens with zero attached hydrogens (tertiary/aromatic N) is 3. The maximum atomic E-state index is 12.5. The molecular formula is C20H15ClN4O3S. The molecule has 0 bridgehead atoms. The summed E-state index contributed by atoms with van der Waals surface area (Å²) in [4.78, 5) is 28.3. The Bertz CT molecular complexity index is 1230. The molecule has 2 aromatic carbocycles. The van der Waals surface area contributed by atoms with Gasteiger partial charge in [-0.3, -0.25) is 19.3 Å². The Morgan fingerprint density at radius 3 is 2.72 bits per heavy atom. The number of carbonyl (C=O) groups is 1. The van der Waals surface area contributed by atoms with Gasteiger partial charge in [0.05, 0.1) is 17.0 Å². The number of carbonyl (C=O) groups excluding carboxylic acids is 1. The molecule has 1 N–H and O–H groups in total. The molecule has 0 aliphatic rings. The van der Waals surface area contributed by atoms with Crippen LogP contribution in [0, 0.1) is 17.0 Å². The number of rotatable bonds is 5. The summed E-state index contributed by atoms with van der Waals surface area (Å²) < 4.78 is 1.90. The van der Waals surface area contributed by atoms with Crippen LogP contribution < -0.4 is 5.32 Å². The van der Waals surface area contributed by atoms with Gasteiger partial charge in [0.1, 0.15) is 0 Å². The minimum atomic E-state index is -0.460. The maximum Gasteiger partial charge on any atom is 0.269 e. The third-order valence-corrected chi connectivity index (χ3v) is 5.60. The lowest BCUT2D eigenvalue weighted by Gasteiger charge is -2.08. The number of imidazole rings is 1. The molecule has 0 unspecified atom stereocenters. The normalized spacial score (nSPS) is 11.0. The zero-order valence-electron chi connectivity index (χ0n) is 15.3. The number of non-ortho nitro benzene ring substituents is 1. The van der Waals surface area contributed by atoms with Crippen molar-refractivity contribution in [3.63, 3.8) is 0 Å². The van der Waals surface area contributed by atoms with Gasteiger partial charge >= 0.3 is 0 Å². The molecule has 4 aromatic rings. The highest BCUT2D eigenvalue weighted by Crippen LogP contribution is 2.26. The van der Waals surface area contributed by atoms with Gasteiger partial charge in [-0.05, 0) is 30.7 Å². The van der Waals surface area contributed by atoms with E-state index in [-0.39, 0.29) is 18.0 Å². The van der Waals surface area contributed by atoms with Crippen LogP contribution in [-0.4, -0.2) is 20.2 Å². The number of amides is 1. The Hall–Kier alpha value is -3.23. The summed E-state index contributed by atoms with van der Waals surface area (Å²) in [6.45, 7) is 1.72. The molecule has 0 radical (unpaired) electrons. The van der Waals surface area contributed by atoms with Crippen molar-refractivity contribution in [1.29, 1.82) is 0 Å². The topological polar surface area (TPSA) is 89.5 Å². The fourth-order valence-electron chi connectivity index (χ4n) is 2.98. The van der Waals surface area contributed by atoms with E-state index in [1.807, 2.05) is 40.2 Å². The van der Waals surface area contributed by atoms with Crippen LogP contribution in [-0.2, 0) is 11.2 Å². The van der Waals surface area contributed by atoms with E-state index >= 15 is 0 Å². The number of anilines is 1. The monoisotopic (exact) mass is 426 g/mol. The molecule has 0 spiro atoms. The van der Waals surface area contributed by atoms with Crippen molar-refractivity contribution < 1.29 is 9.72 Å².